The molecular formula is C27H28N6. The Labute approximate surface area is 194 Å². The van der Waals surface area contributed by atoms with Crippen LogP contribution in [0.1, 0.15) is 18.4 Å². The second-order valence-corrected chi connectivity index (χ2v) is 9.04. The van der Waals surface area contributed by atoms with Crippen molar-refractivity contribution in [1.82, 2.24) is 19.7 Å². The van der Waals surface area contributed by atoms with E-state index >= 15 is 0 Å². The van der Waals surface area contributed by atoms with Crippen molar-refractivity contribution < 1.29 is 0 Å². The molecule has 0 bridgehead atoms. The van der Waals surface area contributed by atoms with E-state index in [1.54, 1.807) is 0 Å². The average molecular weight is 437 g/mol. The highest BCUT2D eigenvalue weighted by molar-refractivity contribution is 5.89. The Balaban J connectivity index is 1.57. The lowest BCUT2D eigenvalue weighted by molar-refractivity contribution is 0.249. The first-order valence-electron chi connectivity index (χ1n) is 11.4. The fourth-order valence-corrected chi connectivity index (χ4v) is 4.74. The molecule has 0 saturated carbocycles. The molecule has 1 aliphatic rings. The maximum atomic E-state index is 9.23. The van der Waals surface area contributed by atoms with Crippen molar-refractivity contribution in [3.63, 3.8) is 0 Å². The molecule has 0 radical (unpaired) electrons. The Morgan fingerprint density at radius 3 is 2.42 bits per heavy atom. The summed E-state index contributed by atoms with van der Waals surface area (Å²) in [4.78, 5) is 9.73. The largest absolute Gasteiger partial charge is 0.370 e. The van der Waals surface area contributed by atoms with E-state index in [9.17, 15) is 5.26 Å². The van der Waals surface area contributed by atoms with Gasteiger partial charge in [0.25, 0.3) is 0 Å². The fourth-order valence-electron chi connectivity index (χ4n) is 4.74. The average Bonchev–Trinajstić information content (AvgIpc) is 3.23. The van der Waals surface area contributed by atoms with Gasteiger partial charge in [-0.2, -0.15) is 10.4 Å². The molecule has 33 heavy (non-hydrogen) atoms. The molecule has 0 N–H and O–H groups in total. The Morgan fingerprint density at radius 2 is 1.73 bits per heavy atom. The minimum atomic E-state index is 0.637. The normalized spacial score (nSPS) is 14.7. The summed E-state index contributed by atoms with van der Waals surface area (Å²) in [6.45, 7) is 2.05. The highest BCUT2D eigenvalue weighted by atomic mass is 15.2. The number of hydrogen-bond donors (Lipinski definition) is 0. The van der Waals surface area contributed by atoms with E-state index in [0.29, 0.717) is 11.6 Å². The Kier molecular flexibility index (Phi) is 5.57. The predicted molar refractivity (Wildman–Crippen MR) is 133 cm³/mol. The Hall–Kier alpha value is -3.69. The van der Waals surface area contributed by atoms with E-state index in [4.69, 9.17) is 4.98 Å². The number of hydrogen-bond acceptors (Lipinski definition) is 5. The monoisotopic (exact) mass is 436 g/mol. The summed E-state index contributed by atoms with van der Waals surface area (Å²) in [7, 11) is 6.27. The number of anilines is 1. The number of aryl methyl sites for hydroxylation is 1. The SMILES string of the molecule is CN(C)C1CCN(c2cnc(-c3ccc4nn(C)cc4c3)c(-c3ccc(C#N)cc3)c2)CC1. The summed E-state index contributed by atoms with van der Waals surface area (Å²) in [6.07, 6.45) is 6.34. The molecule has 0 atom stereocenters. The van der Waals surface area contributed by atoms with Gasteiger partial charge in [0.05, 0.1) is 34.7 Å². The van der Waals surface area contributed by atoms with Crippen LogP contribution in [0, 0.1) is 11.3 Å². The molecule has 2 aromatic heterocycles. The van der Waals surface area contributed by atoms with Crippen LogP contribution in [0.3, 0.4) is 0 Å². The zero-order valence-corrected chi connectivity index (χ0v) is 19.4. The van der Waals surface area contributed by atoms with E-state index in [0.717, 1.165) is 64.9 Å². The van der Waals surface area contributed by atoms with Crippen LogP contribution in [0.4, 0.5) is 5.69 Å². The highest BCUT2D eigenvalue weighted by Gasteiger charge is 2.22. The standard InChI is InChI=1S/C27H28N6/c1-31(2)23-10-12-33(13-11-23)24-15-25(20-6-4-19(16-28)5-7-20)27(29-17-24)21-8-9-26-22(14-21)18-32(3)30-26/h4-9,14-15,17-18,23H,10-13H2,1-3H3. The molecule has 1 saturated heterocycles. The van der Waals surface area contributed by atoms with Crippen molar-refractivity contribution in [1.29, 1.82) is 5.26 Å². The zero-order chi connectivity index (χ0) is 22.9. The van der Waals surface area contributed by atoms with Crippen LogP contribution in [0.5, 0.6) is 0 Å². The molecule has 5 rings (SSSR count). The van der Waals surface area contributed by atoms with Gasteiger partial charge in [0.2, 0.25) is 0 Å². The topological polar surface area (TPSA) is 61.0 Å². The van der Waals surface area contributed by atoms with E-state index in [1.807, 2.05) is 48.4 Å². The van der Waals surface area contributed by atoms with Crippen molar-refractivity contribution in [2.45, 2.75) is 18.9 Å². The van der Waals surface area contributed by atoms with Gasteiger partial charge in [-0.05, 0) is 62.8 Å². The van der Waals surface area contributed by atoms with Gasteiger partial charge >= 0.3 is 0 Å². The smallest absolute Gasteiger partial charge is 0.0991 e. The quantitative estimate of drug-likeness (QED) is 0.464. The number of nitrogens with zero attached hydrogens (tertiary/aromatic N) is 6. The van der Waals surface area contributed by atoms with Crippen molar-refractivity contribution in [3.05, 3.63) is 66.5 Å². The Morgan fingerprint density at radius 1 is 1.00 bits per heavy atom. The molecule has 0 unspecified atom stereocenters. The molecule has 4 aromatic rings. The molecule has 0 amide bonds. The second-order valence-electron chi connectivity index (χ2n) is 9.04. The summed E-state index contributed by atoms with van der Waals surface area (Å²) in [6, 6.07) is 19.2. The van der Waals surface area contributed by atoms with Crippen LogP contribution >= 0.6 is 0 Å². The van der Waals surface area contributed by atoms with E-state index in [2.05, 4.69) is 59.3 Å². The van der Waals surface area contributed by atoms with Gasteiger partial charge in [0, 0.05) is 48.9 Å². The first kappa shape index (κ1) is 21.2. The molecule has 1 aliphatic heterocycles. The van der Waals surface area contributed by atoms with Crippen LogP contribution in [0.25, 0.3) is 33.3 Å². The van der Waals surface area contributed by atoms with Crippen LogP contribution in [0.15, 0.2) is 60.9 Å². The second kappa shape index (κ2) is 8.68. The molecule has 0 spiro atoms. The fraction of sp³-hybridized carbons (Fsp3) is 0.296. The van der Waals surface area contributed by atoms with Crippen molar-refractivity contribution in [2.75, 3.05) is 32.1 Å². The first-order valence-corrected chi connectivity index (χ1v) is 11.4. The van der Waals surface area contributed by atoms with Gasteiger partial charge in [-0.3, -0.25) is 9.67 Å². The molecule has 0 aliphatic carbocycles. The molecule has 166 valence electrons. The van der Waals surface area contributed by atoms with Gasteiger partial charge in [-0.15, -0.1) is 0 Å². The summed E-state index contributed by atoms with van der Waals surface area (Å²) in [5, 5.41) is 14.8. The third-order valence-electron chi connectivity index (χ3n) is 6.65. The summed E-state index contributed by atoms with van der Waals surface area (Å²) >= 11 is 0. The number of piperidine rings is 1. The Bertz CT molecular complexity index is 1320. The molecular weight excluding hydrogens is 408 g/mol. The lowest BCUT2D eigenvalue weighted by Gasteiger charge is -2.36. The number of rotatable bonds is 4. The third-order valence-corrected chi connectivity index (χ3v) is 6.65. The molecule has 3 heterocycles. The van der Waals surface area contributed by atoms with E-state index in [-0.39, 0.29) is 0 Å². The van der Waals surface area contributed by atoms with Crippen molar-refractivity contribution >= 4 is 16.6 Å². The van der Waals surface area contributed by atoms with Gasteiger partial charge in [0.15, 0.2) is 0 Å². The van der Waals surface area contributed by atoms with Crippen LogP contribution in [0.2, 0.25) is 0 Å². The minimum Gasteiger partial charge on any atom is -0.370 e. The van der Waals surface area contributed by atoms with Crippen LogP contribution in [-0.4, -0.2) is 52.9 Å². The lowest BCUT2D eigenvalue weighted by Crippen LogP contribution is -2.42. The van der Waals surface area contributed by atoms with Crippen LogP contribution in [-0.2, 0) is 7.05 Å². The molecule has 6 nitrogen and oxygen atoms in total. The maximum absolute atomic E-state index is 9.23. The maximum Gasteiger partial charge on any atom is 0.0991 e. The number of nitriles is 1. The third kappa shape index (κ3) is 4.20. The number of fused-ring (bicyclic) bond motifs is 1. The number of aromatic nitrogens is 3. The van der Waals surface area contributed by atoms with E-state index in [1.165, 1.54) is 0 Å². The summed E-state index contributed by atoms with van der Waals surface area (Å²) in [5.41, 5.74) is 6.93. The minimum absolute atomic E-state index is 0.637. The zero-order valence-electron chi connectivity index (χ0n) is 19.4. The first-order chi connectivity index (χ1) is 16.0. The van der Waals surface area contributed by atoms with Gasteiger partial charge in [-0.1, -0.05) is 18.2 Å². The van der Waals surface area contributed by atoms with Crippen LogP contribution < -0.4 is 4.90 Å². The van der Waals surface area contributed by atoms with Crippen molar-refractivity contribution in [2.24, 2.45) is 7.05 Å². The van der Waals surface area contributed by atoms with Gasteiger partial charge in [0.1, 0.15) is 0 Å². The van der Waals surface area contributed by atoms with Gasteiger partial charge in [-0.25, -0.2) is 0 Å². The van der Waals surface area contributed by atoms with Gasteiger partial charge < -0.3 is 9.80 Å². The number of pyridine rings is 1. The predicted octanol–water partition coefficient (Wildman–Crippen LogP) is 4.70. The lowest BCUT2D eigenvalue weighted by atomic mass is 9.96. The summed E-state index contributed by atoms with van der Waals surface area (Å²) in [5.74, 6) is 0. The molecule has 1 fully saturated rings. The highest BCUT2D eigenvalue weighted by Crippen LogP contribution is 2.35. The summed E-state index contributed by atoms with van der Waals surface area (Å²) < 4.78 is 1.84. The molecule has 6 heteroatoms. The van der Waals surface area contributed by atoms with Crippen molar-refractivity contribution in [3.8, 4) is 28.5 Å². The van der Waals surface area contributed by atoms with E-state index < -0.39 is 0 Å². The molecule has 2 aromatic carbocycles. The number of benzene rings is 2.